The first kappa shape index (κ1) is 18.8. The van der Waals surface area contributed by atoms with Crippen molar-refractivity contribution in [1.82, 2.24) is 0 Å². The Morgan fingerprint density at radius 3 is 1.96 bits per heavy atom. The van der Waals surface area contributed by atoms with Gasteiger partial charge in [-0.25, -0.2) is 10.1 Å². The molecular weight excluding hydrogens is 328 g/mol. The second-order valence-electron chi connectivity index (χ2n) is 9.57. The number of nitrogens with zero attached hydrogens (tertiary/aromatic N) is 2. The summed E-state index contributed by atoms with van der Waals surface area (Å²) >= 11 is 0. The molecule has 0 aromatic rings. The minimum atomic E-state index is 0.301. The molecule has 0 radical (unpaired) electrons. The van der Waals surface area contributed by atoms with Crippen LogP contribution >= 0.6 is 0 Å². The zero-order valence-electron chi connectivity index (χ0n) is 16.9. The minimum Gasteiger partial charge on any atom is -0.226 e. The maximum atomic E-state index is 9.74. The van der Waals surface area contributed by atoms with Gasteiger partial charge in [-0.05, 0) is 67.8 Å². The van der Waals surface area contributed by atoms with E-state index in [0.717, 1.165) is 12.3 Å². The number of hydrogen-bond donors (Lipinski definition) is 0. The van der Waals surface area contributed by atoms with Crippen LogP contribution in [0.5, 0.6) is 0 Å². The van der Waals surface area contributed by atoms with Gasteiger partial charge in [0, 0.05) is 0 Å². The van der Waals surface area contributed by atoms with Crippen LogP contribution in [0.1, 0.15) is 103 Å². The topological polar surface area (TPSA) is 28.1 Å². The highest BCUT2D eigenvalue weighted by molar-refractivity contribution is 5.55. The van der Waals surface area contributed by atoms with E-state index in [0.29, 0.717) is 17.0 Å². The maximum absolute atomic E-state index is 9.74. The molecule has 0 heterocycles. The van der Waals surface area contributed by atoms with Crippen LogP contribution in [-0.2, 0) is 0 Å². The highest BCUT2D eigenvalue weighted by atomic mass is 14.7. The molecule has 2 nitrogen and oxygen atoms in total. The summed E-state index contributed by atoms with van der Waals surface area (Å²) in [6.45, 7) is 7.66. The molecule has 27 heavy (non-hydrogen) atoms. The van der Waals surface area contributed by atoms with Crippen molar-refractivity contribution in [3.05, 3.63) is 33.8 Å². The average Bonchev–Trinajstić information content (AvgIpc) is 3.05. The van der Waals surface area contributed by atoms with Crippen molar-refractivity contribution in [2.45, 2.75) is 103 Å². The van der Waals surface area contributed by atoms with Gasteiger partial charge in [0.2, 0.25) is 0 Å². The first-order valence-electron chi connectivity index (χ1n) is 11.5. The number of rotatable bonds is 2. The lowest BCUT2D eigenvalue weighted by Gasteiger charge is -2.41. The summed E-state index contributed by atoms with van der Waals surface area (Å²) in [5.41, 5.74) is 5.25. The summed E-state index contributed by atoms with van der Waals surface area (Å²) in [6.07, 6.45) is 21.0. The van der Waals surface area contributed by atoms with E-state index in [1.165, 1.54) is 102 Å². The second kappa shape index (κ2) is 8.22. The van der Waals surface area contributed by atoms with E-state index in [1.807, 2.05) is 0 Å². The highest BCUT2D eigenvalue weighted by Gasteiger charge is 2.48. The van der Waals surface area contributed by atoms with Crippen molar-refractivity contribution in [3.8, 4) is 6.07 Å². The third-order valence-corrected chi connectivity index (χ3v) is 8.04. The van der Waals surface area contributed by atoms with Crippen molar-refractivity contribution in [2.75, 3.05) is 0 Å². The fourth-order valence-electron chi connectivity index (χ4n) is 6.92. The van der Waals surface area contributed by atoms with Gasteiger partial charge < -0.3 is 0 Å². The third-order valence-electron chi connectivity index (χ3n) is 8.04. The van der Waals surface area contributed by atoms with Crippen LogP contribution in [0.25, 0.3) is 4.85 Å². The maximum Gasteiger partial charge on any atom is 0.265 e. The second-order valence-corrected chi connectivity index (χ2v) is 9.57. The Hall–Kier alpha value is -1.54. The Morgan fingerprint density at radius 1 is 0.852 bits per heavy atom. The first-order chi connectivity index (χ1) is 13.3. The molecule has 4 rings (SSSR count). The van der Waals surface area contributed by atoms with Crippen LogP contribution in [0.15, 0.2) is 22.4 Å². The predicted molar refractivity (Wildman–Crippen MR) is 110 cm³/mol. The Balaban J connectivity index is 1.87. The Labute approximate surface area is 165 Å². The van der Waals surface area contributed by atoms with Crippen LogP contribution < -0.4 is 0 Å². The smallest absolute Gasteiger partial charge is 0.226 e. The molecule has 0 bridgehead atoms. The molecule has 0 unspecified atom stereocenters. The van der Waals surface area contributed by atoms with E-state index in [2.05, 4.69) is 10.9 Å². The van der Waals surface area contributed by atoms with Crippen LogP contribution in [0.3, 0.4) is 0 Å². The fourth-order valence-corrected chi connectivity index (χ4v) is 6.92. The van der Waals surface area contributed by atoms with Crippen LogP contribution in [0.2, 0.25) is 0 Å². The van der Waals surface area contributed by atoms with Crippen molar-refractivity contribution in [3.63, 3.8) is 0 Å². The van der Waals surface area contributed by atoms with Gasteiger partial charge in [-0.1, -0.05) is 68.9 Å². The largest absolute Gasteiger partial charge is 0.265 e. The highest BCUT2D eigenvalue weighted by Crippen LogP contribution is 2.61. The average molecular weight is 363 g/mol. The van der Waals surface area contributed by atoms with E-state index >= 15 is 0 Å². The number of hydrogen-bond acceptors (Lipinski definition) is 1. The third kappa shape index (κ3) is 3.49. The Morgan fingerprint density at radius 2 is 1.41 bits per heavy atom. The van der Waals surface area contributed by atoms with Gasteiger partial charge in [0.05, 0.1) is 12.6 Å². The van der Waals surface area contributed by atoms with Crippen LogP contribution in [-0.4, -0.2) is 0 Å². The predicted octanol–water partition coefficient (Wildman–Crippen LogP) is 7.49. The van der Waals surface area contributed by atoms with Gasteiger partial charge in [-0.15, -0.1) is 0 Å². The summed E-state index contributed by atoms with van der Waals surface area (Å²) in [5.74, 6) is 1.36. The number of nitriles is 1. The van der Waals surface area contributed by atoms with Crippen molar-refractivity contribution >= 4 is 0 Å². The van der Waals surface area contributed by atoms with Crippen molar-refractivity contribution < 1.29 is 0 Å². The van der Waals surface area contributed by atoms with Gasteiger partial charge in [0.15, 0.2) is 0 Å². The molecule has 3 saturated carbocycles. The molecule has 0 aliphatic heterocycles. The first-order valence-corrected chi connectivity index (χ1v) is 11.5. The summed E-state index contributed by atoms with van der Waals surface area (Å²) in [4.78, 5) is 3.73. The molecule has 3 fully saturated rings. The summed E-state index contributed by atoms with van der Waals surface area (Å²) in [6, 6.07) is 2.30. The standard InChI is InChI=1S/C25H34N2/c1-27-22(18-26)21-17-25(15-9-4-10-16-25)24(20-13-7-3-8-14-20)23(21)19-11-5-2-6-12-19/h19-20H,2-17H2/b22-21+. The van der Waals surface area contributed by atoms with E-state index < -0.39 is 0 Å². The van der Waals surface area contributed by atoms with Gasteiger partial charge in [-0.3, -0.25) is 0 Å². The molecule has 0 aromatic carbocycles. The lowest BCUT2D eigenvalue weighted by molar-refractivity contribution is 0.212. The molecule has 0 saturated heterocycles. The summed E-state index contributed by atoms with van der Waals surface area (Å²) in [7, 11) is 0. The SMILES string of the molecule is [C-]#[N+]/C(C#N)=C1\CC2(CCCCC2)C(C2CCCCC2)=C1C1CCCCC1. The van der Waals surface area contributed by atoms with Crippen molar-refractivity contribution in [2.24, 2.45) is 17.3 Å². The molecule has 0 aromatic heterocycles. The van der Waals surface area contributed by atoms with Gasteiger partial charge in [0.1, 0.15) is 0 Å². The molecule has 0 atom stereocenters. The molecule has 0 N–H and O–H groups in total. The van der Waals surface area contributed by atoms with Crippen LogP contribution in [0, 0.1) is 35.2 Å². The van der Waals surface area contributed by atoms with Gasteiger partial charge in [-0.2, -0.15) is 0 Å². The Bertz CT molecular complexity index is 678. The molecule has 144 valence electrons. The monoisotopic (exact) mass is 362 g/mol. The van der Waals surface area contributed by atoms with E-state index in [9.17, 15) is 5.26 Å². The molecular formula is C25H34N2. The molecule has 2 heteroatoms. The van der Waals surface area contributed by atoms with E-state index in [1.54, 1.807) is 11.1 Å². The van der Waals surface area contributed by atoms with Gasteiger partial charge >= 0.3 is 0 Å². The van der Waals surface area contributed by atoms with Crippen LogP contribution in [0.4, 0.5) is 0 Å². The number of allylic oxidation sites excluding steroid dienone is 4. The summed E-state index contributed by atoms with van der Waals surface area (Å²) in [5, 5.41) is 9.74. The summed E-state index contributed by atoms with van der Waals surface area (Å²) < 4.78 is 0. The zero-order valence-corrected chi connectivity index (χ0v) is 16.9. The molecule has 4 aliphatic carbocycles. The Kier molecular flexibility index (Phi) is 5.73. The molecule has 1 spiro atoms. The normalized spacial score (nSPS) is 28.8. The lowest BCUT2D eigenvalue weighted by atomic mass is 9.63. The molecule has 0 amide bonds. The zero-order chi connectivity index (χ0) is 18.7. The fraction of sp³-hybridized carbons (Fsp3) is 0.760. The lowest BCUT2D eigenvalue weighted by Crippen LogP contribution is -2.29. The quantitative estimate of drug-likeness (QED) is 0.369. The van der Waals surface area contributed by atoms with Crippen molar-refractivity contribution in [1.29, 1.82) is 5.26 Å². The van der Waals surface area contributed by atoms with Gasteiger partial charge in [0.25, 0.3) is 5.70 Å². The minimum absolute atomic E-state index is 0.301. The molecule has 4 aliphatic rings. The van der Waals surface area contributed by atoms with E-state index in [-0.39, 0.29) is 0 Å². The van der Waals surface area contributed by atoms with E-state index in [4.69, 9.17) is 6.57 Å².